The first-order valence-electron chi connectivity index (χ1n) is 7.69. The first kappa shape index (κ1) is 18.8. The number of carbonyl (C=O) groups excluding carboxylic acids is 2. The van der Waals surface area contributed by atoms with Gasteiger partial charge in [-0.25, -0.2) is 4.79 Å². The first-order valence-corrected chi connectivity index (χ1v) is 8.48. The Hall–Kier alpha value is -2.54. The fraction of sp³-hybridized carbons (Fsp3) is 0.222. The molecule has 1 atom stereocenters. The van der Waals surface area contributed by atoms with Crippen molar-refractivity contribution in [2.75, 3.05) is 7.11 Å². The number of halogens is 1. The van der Waals surface area contributed by atoms with E-state index in [0.717, 1.165) is 21.3 Å². The molecule has 2 aromatic rings. The number of urea groups is 1. The van der Waals surface area contributed by atoms with Crippen molar-refractivity contribution in [3.63, 3.8) is 0 Å². The maximum atomic E-state index is 12.2. The minimum atomic E-state index is -0.670. The molecule has 0 aliphatic heterocycles. The van der Waals surface area contributed by atoms with E-state index in [1.807, 2.05) is 48.5 Å². The molecule has 0 aromatic heterocycles. The van der Waals surface area contributed by atoms with E-state index >= 15 is 0 Å². The summed E-state index contributed by atoms with van der Waals surface area (Å²) in [4.78, 5) is 23.5. The van der Waals surface area contributed by atoms with Crippen LogP contribution in [0, 0.1) is 0 Å². The highest BCUT2D eigenvalue weighted by atomic mass is 79.9. The number of hydrogen-bond acceptors (Lipinski definition) is 3. The second kappa shape index (κ2) is 9.08. The van der Waals surface area contributed by atoms with Crippen molar-refractivity contribution in [2.45, 2.75) is 19.0 Å². The Morgan fingerprint density at radius 2 is 1.76 bits per heavy atom. The highest BCUT2D eigenvalue weighted by Gasteiger charge is 2.17. The zero-order chi connectivity index (χ0) is 18.2. The van der Waals surface area contributed by atoms with Gasteiger partial charge in [-0.15, -0.1) is 0 Å². The zero-order valence-corrected chi connectivity index (χ0v) is 15.4. The normalized spacial score (nSPS) is 11.4. The van der Waals surface area contributed by atoms with Gasteiger partial charge in [0.25, 0.3) is 0 Å². The third-order valence-corrected chi connectivity index (χ3v) is 4.16. The molecule has 6 nitrogen and oxygen atoms in total. The van der Waals surface area contributed by atoms with Crippen LogP contribution in [0.25, 0.3) is 0 Å². The molecule has 0 heterocycles. The van der Waals surface area contributed by atoms with Gasteiger partial charge < -0.3 is 21.1 Å². The average molecular weight is 406 g/mol. The van der Waals surface area contributed by atoms with E-state index in [0.29, 0.717) is 6.54 Å². The largest absolute Gasteiger partial charge is 0.497 e. The third kappa shape index (κ3) is 6.11. The summed E-state index contributed by atoms with van der Waals surface area (Å²) >= 11 is 3.36. The molecular weight excluding hydrogens is 386 g/mol. The third-order valence-electron chi connectivity index (χ3n) is 3.63. The van der Waals surface area contributed by atoms with Crippen LogP contribution in [0.2, 0.25) is 0 Å². The average Bonchev–Trinajstić information content (AvgIpc) is 2.60. The molecule has 0 bridgehead atoms. The SMILES string of the molecule is COc1ccc(CNC(=O)C[C@@H](NC(N)=O)c2ccc(Br)cc2)cc1. The van der Waals surface area contributed by atoms with Gasteiger partial charge in [0, 0.05) is 11.0 Å². The summed E-state index contributed by atoms with van der Waals surface area (Å²) in [7, 11) is 1.60. The quantitative estimate of drug-likeness (QED) is 0.660. The summed E-state index contributed by atoms with van der Waals surface area (Å²) in [5, 5.41) is 5.45. The standard InChI is InChI=1S/C18H20BrN3O3/c1-25-15-8-2-12(3-9-15)11-21-17(23)10-16(22-18(20)24)13-4-6-14(19)7-5-13/h2-9,16H,10-11H2,1H3,(H,21,23)(H3,20,22,24)/t16-/m1/s1. The second-order valence-corrected chi connectivity index (χ2v) is 6.36. The van der Waals surface area contributed by atoms with Crippen LogP contribution in [0.1, 0.15) is 23.6 Å². The van der Waals surface area contributed by atoms with Crippen LogP contribution in [0.15, 0.2) is 53.0 Å². The van der Waals surface area contributed by atoms with Crippen molar-refractivity contribution in [3.05, 3.63) is 64.1 Å². The van der Waals surface area contributed by atoms with E-state index in [-0.39, 0.29) is 12.3 Å². The molecule has 0 spiro atoms. The fourth-order valence-electron chi connectivity index (χ4n) is 2.32. The monoisotopic (exact) mass is 405 g/mol. The van der Waals surface area contributed by atoms with Crippen LogP contribution < -0.4 is 21.1 Å². The van der Waals surface area contributed by atoms with E-state index in [4.69, 9.17) is 10.5 Å². The number of rotatable bonds is 7. The van der Waals surface area contributed by atoms with Gasteiger partial charge in [0.2, 0.25) is 5.91 Å². The van der Waals surface area contributed by atoms with Gasteiger partial charge >= 0.3 is 6.03 Å². The number of nitrogens with one attached hydrogen (secondary N) is 2. The van der Waals surface area contributed by atoms with Gasteiger partial charge in [-0.1, -0.05) is 40.2 Å². The molecule has 25 heavy (non-hydrogen) atoms. The van der Waals surface area contributed by atoms with Crippen molar-refractivity contribution in [3.8, 4) is 5.75 Å². The number of carbonyl (C=O) groups is 2. The number of hydrogen-bond donors (Lipinski definition) is 3. The highest BCUT2D eigenvalue weighted by molar-refractivity contribution is 9.10. The first-order chi connectivity index (χ1) is 12.0. The maximum Gasteiger partial charge on any atom is 0.312 e. The molecule has 0 aliphatic rings. The van der Waals surface area contributed by atoms with Gasteiger partial charge in [0.15, 0.2) is 0 Å². The fourth-order valence-corrected chi connectivity index (χ4v) is 2.58. The molecule has 0 saturated heterocycles. The molecule has 2 rings (SSSR count). The molecule has 0 aliphatic carbocycles. The van der Waals surface area contributed by atoms with Crippen molar-refractivity contribution >= 4 is 27.9 Å². The number of amides is 3. The molecule has 0 radical (unpaired) electrons. The van der Waals surface area contributed by atoms with Gasteiger partial charge in [-0.2, -0.15) is 0 Å². The molecule has 7 heteroatoms. The Morgan fingerprint density at radius 3 is 2.32 bits per heavy atom. The van der Waals surface area contributed by atoms with Gasteiger partial charge in [-0.3, -0.25) is 4.79 Å². The molecule has 3 amide bonds. The van der Waals surface area contributed by atoms with Crippen LogP contribution in [0.5, 0.6) is 5.75 Å². The van der Waals surface area contributed by atoms with E-state index in [9.17, 15) is 9.59 Å². The molecule has 0 saturated carbocycles. The molecular formula is C18H20BrN3O3. The molecule has 2 aromatic carbocycles. The summed E-state index contributed by atoms with van der Waals surface area (Å²) in [5.41, 5.74) is 6.99. The van der Waals surface area contributed by atoms with Crippen molar-refractivity contribution in [2.24, 2.45) is 5.73 Å². The lowest BCUT2D eigenvalue weighted by atomic mass is 10.0. The predicted molar refractivity (Wildman–Crippen MR) is 99.1 cm³/mol. The lowest BCUT2D eigenvalue weighted by molar-refractivity contribution is -0.121. The number of ether oxygens (including phenoxy) is 1. The zero-order valence-electron chi connectivity index (χ0n) is 13.8. The van der Waals surface area contributed by atoms with Crippen LogP contribution in [-0.4, -0.2) is 19.0 Å². The number of methoxy groups -OCH3 is 1. The summed E-state index contributed by atoms with van der Waals surface area (Å²) in [6.07, 6.45) is 0.0979. The van der Waals surface area contributed by atoms with Gasteiger partial charge in [-0.05, 0) is 35.4 Å². The lowest BCUT2D eigenvalue weighted by Crippen LogP contribution is -2.36. The van der Waals surface area contributed by atoms with E-state index in [1.54, 1.807) is 7.11 Å². The minimum absolute atomic E-state index is 0.0979. The summed E-state index contributed by atoms with van der Waals surface area (Å²) in [6, 6.07) is 13.6. The topological polar surface area (TPSA) is 93.4 Å². The molecule has 0 fully saturated rings. The minimum Gasteiger partial charge on any atom is -0.497 e. The number of primary amides is 1. The van der Waals surface area contributed by atoms with Crippen molar-refractivity contribution in [1.29, 1.82) is 0 Å². The number of nitrogens with two attached hydrogens (primary N) is 1. The Balaban J connectivity index is 1.96. The van der Waals surface area contributed by atoms with E-state index in [1.165, 1.54) is 0 Å². The van der Waals surface area contributed by atoms with Crippen molar-refractivity contribution in [1.82, 2.24) is 10.6 Å². The highest BCUT2D eigenvalue weighted by Crippen LogP contribution is 2.20. The lowest BCUT2D eigenvalue weighted by Gasteiger charge is -2.18. The number of benzene rings is 2. The Morgan fingerprint density at radius 1 is 1.12 bits per heavy atom. The van der Waals surface area contributed by atoms with E-state index in [2.05, 4.69) is 26.6 Å². The van der Waals surface area contributed by atoms with Gasteiger partial charge in [0.1, 0.15) is 5.75 Å². The van der Waals surface area contributed by atoms with E-state index < -0.39 is 12.1 Å². The predicted octanol–water partition coefficient (Wildman–Crippen LogP) is 2.87. The van der Waals surface area contributed by atoms with Gasteiger partial charge in [0.05, 0.1) is 19.6 Å². The Labute approximate surface area is 154 Å². The molecule has 4 N–H and O–H groups in total. The summed E-state index contributed by atoms with van der Waals surface area (Å²) < 4.78 is 6.01. The molecule has 132 valence electrons. The maximum absolute atomic E-state index is 12.2. The Kier molecular flexibility index (Phi) is 6.82. The van der Waals surface area contributed by atoms with Crippen LogP contribution in [0.3, 0.4) is 0 Å². The van der Waals surface area contributed by atoms with Crippen LogP contribution in [0.4, 0.5) is 4.79 Å². The Bertz CT molecular complexity index is 717. The summed E-state index contributed by atoms with van der Waals surface area (Å²) in [6.45, 7) is 0.395. The van der Waals surface area contributed by atoms with Crippen LogP contribution >= 0.6 is 15.9 Å². The van der Waals surface area contributed by atoms with Crippen molar-refractivity contribution < 1.29 is 14.3 Å². The second-order valence-electron chi connectivity index (χ2n) is 5.44. The smallest absolute Gasteiger partial charge is 0.312 e. The van der Waals surface area contributed by atoms with Crippen LogP contribution in [-0.2, 0) is 11.3 Å². The summed E-state index contributed by atoms with van der Waals surface area (Å²) in [5.74, 6) is 0.577. The molecule has 0 unspecified atom stereocenters.